The van der Waals surface area contributed by atoms with Gasteiger partial charge in [-0.1, -0.05) is 30.3 Å². The lowest BCUT2D eigenvalue weighted by atomic mass is 10.1. The highest BCUT2D eigenvalue weighted by molar-refractivity contribution is 5.95. The maximum absolute atomic E-state index is 12.0. The zero-order valence-electron chi connectivity index (χ0n) is 14.6. The van der Waals surface area contributed by atoms with E-state index in [4.69, 9.17) is 5.26 Å². The fraction of sp³-hybridized carbons (Fsp3) is 0.100. The molecule has 3 aromatic carbocycles. The highest BCUT2D eigenvalue weighted by Gasteiger charge is 2.32. The number of nitrogens with one attached hydrogen (secondary N) is 1. The molecule has 144 valence electrons. The number of nitriles is 1. The predicted molar refractivity (Wildman–Crippen MR) is 98.4 cm³/mol. The van der Waals surface area contributed by atoms with Crippen molar-refractivity contribution >= 4 is 22.7 Å². The van der Waals surface area contributed by atoms with Gasteiger partial charge in [0.1, 0.15) is 5.75 Å². The van der Waals surface area contributed by atoms with Crippen molar-refractivity contribution in [2.45, 2.75) is 6.36 Å². The minimum absolute atomic E-state index is 0.0631. The first-order valence-corrected chi connectivity index (χ1v) is 7.92. The molecule has 5 nitrogen and oxygen atoms in total. The fourth-order valence-corrected chi connectivity index (χ4v) is 2.37. The van der Waals surface area contributed by atoms with Gasteiger partial charge in [-0.25, -0.2) is 0 Å². The van der Waals surface area contributed by atoms with Gasteiger partial charge >= 0.3 is 6.36 Å². The van der Waals surface area contributed by atoms with Gasteiger partial charge in [0.25, 0.3) is 0 Å². The zero-order chi connectivity index (χ0) is 20.7. The fourth-order valence-electron chi connectivity index (χ4n) is 2.37. The van der Waals surface area contributed by atoms with E-state index >= 15 is 0 Å². The Morgan fingerprint density at radius 2 is 1.86 bits per heavy atom. The third-order valence-electron chi connectivity index (χ3n) is 3.66. The summed E-state index contributed by atoms with van der Waals surface area (Å²) >= 11 is 0. The number of ether oxygens (including phenoxy) is 1. The number of phenols is 1. The van der Waals surface area contributed by atoms with E-state index in [-0.39, 0.29) is 17.0 Å². The Labute approximate surface area is 158 Å². The number of aromatic hydroxyl groups is 1. The Bertz CT molecular complexity index is 1030. The summed E-state index contributed by atoms with van der Waals surface area (Å²) in [5, 5.41) is 22.3. The minimum Gasteiger partial charge on any atom is -0.507 e. The first kappa shape index (κ1) is 20.6. The summed E-state index contributed by atoms with van der Waals surface area (Å²) in [4.78, 5) is 10.5. The van der Waals surface area contributed by atoms with Crippen LogP contribution in [0.15, 0.2) is 54.6 Å². The number of benzene rings is 3. The normalized spacial score (nSPS) is 10.4. The standard InChI is InChI=1S/C11H8O2.C9H7F3N2O/c12-7-9-6-5-8-3-1-2-4-10(8)11(9)13;1-14-7-3-2-6(5-13)4-8(7)15-9(10,11)12/h1-7,13H;2-4,14H,1H3. The van der Waals surface area contributed by atoms with Crippen LogP contribution in [-0.2, 0) is 0 Å². The van der Waals surface area contributed by atoms with Crippen LogP contribution in [-0.4, -0.2) is 24.8 Å². The van der Waals surface area contributed by atoms with Gasteiger partial charge in [-0.3, -0.25) is 4.79 Å². The number of carbonyl (C=O) groups is 1. The van der Waals surface area contributed by atoms with Crippen LogP contribution in [0.4, 0.5) is 18.9 Å². The second-order valence-corrected chi connectivity index (χ2v) is 5.46. The van der Waals surface area contributed by atoms with Gasteiger partial charge in [-0.2, -0.15) is 5.26 Å². The van der Waals surface area contributed by atoms with Crippen LogP contribution in [0.25, 0.3) is 10.8 Å². The maximum Gasteiger partial charge on any atom is 0.573 e. The molecule has 0 fully saturated rings. The van der Waals surface area contributed by atoms with Gasteiger partial charge < -0.3 is 15.2 Å². The monoisotopic (exact) mass is 388 g/mol. The number of fused-ring (bicyclic) bond motifs is 1. The minimum atomic E-state index is -4.76. The Morgan fingerprint density at radius 3 is 2.46 bits per heavy atom. The molecule has 0 radical (unpaired) electrons. The molecule has 0 unspecified atom stereocenters. The average molecular weight is 388 g/mol. The number of carbonyl (C=O) groups excluding carboxylic acids is 1. The van der Waals surface area contributed by atoms with Gasteiger partial charge in [-0.15, -0.1) is 13.2 Å². The second kappa shape index (κ2) is 8.77. The number of nitrogens with zero attached hydrogens (tertiary/aromatic N) is 1. The highest BCUT2D eigenvalue weighted by atomic mass is 19.4. The number of alkyl halides is 3. The Morgan fingerprint density at radius 1 is 1.14 bits per heavy atom. The molecule has 0 saturated carbocycles. The molecular formula is C20H15F3N2O3. The first-order chi connectivity index (χ1) is 13.3. The van der Waals surface area contributed by atoms with Gasteiger partial charge in [0.2, 0.25) is 0 Å². The average Bonchev–Trinajstić information content (AvgIpc) is 2.68. The van der Waals surface area contributed by atoms with Crippen LogP contribution < -0.4 is 10.1 Å². The maximum atomic E-state index is 12.0. The van der Waals surface area contributed by atoms with Crippen molar-refractivity contribution in [2.24, 2.45) is 0 Å². The molecule has 0 aromatic heterocycles. The molecule has 8 heteroatoms. The van der Waals surface area contributed by atoms with Crippen LogP contribution in [0.1, 0.15) is 15.9 Å². The summed E-state index contributed by atoms with van der Waals surface area (Å²) in [6, 6.07) is 16.3. The molecule has 0 bridgehead atoms. The van der Waals surface area contributed by atoms with Crippen LogP contribution in [0.5, 0.6) is 11.5 Å². The van der Waals surface area contributed by atoms with Crippen molar-refractivity contribution in [3.05, 3.63) is 65.7 Å². The van der Waals surface area contributed by atoms with E-state index in [9.17, 15) is 23.1 Å². The molecular weight excluding hydrogens is 373 g/mol. The summed E-state index contributed by atoms with van der Waals surface area (Å²) in [7, 11) is 1.46. The number of aldehydes is 1. The lowest BCUT2D eigenvalue weighted by Crippen LogP contribution is -2.18. The molecule has 0 aliphatic carbocycles. The van der Waals surface area contributed by atoms with Crippen molar-refractivity contribution in [1.82, 2.24) is 0 Å². The lowest BCUT2D eigenvalue weighted by Gasteiger charge is -2.12. The molecule has 0 saturated heterocycles. The number of anilines is 1. The molecule has 0 atom stereocenters. The van der Waals surface area contributed by atoms with Crippen molar-refractivity contribution in [2.75, 3.05) is 12.4 Å². The van der Waals surface area contributed by atoms with E-state index < -0.39 is 12.1 Å². The lowest BCUT2D eigenvalue weighted by molar-refractivity contribution is -0.274. The molecule has 0 spiro atoms. The van der Waals surface area contributed by atoms with Crippen LogP contribution >= 0.6 is 0 Å². The third kappa shape index (κ3) is 5.14. The Balaban J connectivity index is 0.000000202. The molecule has 3 rings (SSSR count). The topological polar surface area (TPSA) is 82.3 Å². The smallest absolute Gasteiger partial charge is 0.507 e. The summed E-state index contributed by atoms with van der Waals surface area (Å²) in [6.45, 7) is 0. The SMILES string of the molecule is CNc1ccc(C#N)cc1OC(F)(F)F.O=Cc1ccc2ccccc2c1O. The summed E-state index contributed by atoms with van der Waals surface area (Å²) in [5.41, 5.74) is 0.610. The molecule has 28 heavy (non-hydrogen) atoms. The molecule has 0 aliphatic rings. The van der Waals surface area contributed by atoms with E-state index in [0.717, 1.165) is 11.5 Å². The number of halogens is 3. The van der Waals surface area contributed by atoms with Crippen LogP contribution in [0.2, 0.25) is 0 Å². The molecule has 0 amide bonds. The molecule has 3 aromatic rings. The van der Waals surface area contributed by atoms with Crippen LogP contribution in [0, 0.1) is 11.3 Å². The van der Waals surface area contributed by atoms with Crippen molar-refractivity contribution < 1.29 is 27.8 Å². The van der Waals surface area contributed by atoms with Gasteiger partial charge in [0.15, 0.2) is 12.0 Å². The van der Waals surface area contributed by atoms with E-state index in [0.29, 0.717) is 17.2 Å². The van der Waals surface area contributed by atoms with E-state index in [2.05, 4.69) is 10.1 Å². The van der Waals surface area contributed by atoms with Crippen molar-refractivity contribution in [3.63, 3.8) is 0 Å². The zero-order valence-corrected chi connectivity index (χ0v) is 14.6. The largest absolute Gasteiger partial charge is 0.573 e. The molecule has 0 heterocycles. The summed E-state index contributed by atoms with van der Waals surface area (Å²) in [5.74, 6) is -0.350. The predicted octanol–water partition coefficient (Wildman–Crippen LogP) is 4.86. The molecule has 2 N–H and O–H groups in total. The van der Waals surface area contributed by atoms with E-state index in [1.807, 2.05) is 24.3 Å². The van der Waals surface area contributed by atoms with Crippen molar-refractivity contribution in [3.8, 4) is 17.6 Å². The first-order valence-electron chi connectivity index (χ1n) is 7.92. The Kier molecular flexibility index (Phi) is 6.45. The van der Waals surface area contributed by atoms with Gasteiger partial charge in [0, 0.05) is 18.5 Å². The van der Waals surface area contributed by atoms with Crippen molar-refractivity contribution in [1.29, 1.82) is 5.26 Å². The highest BCUT2D eigenvalue weighted by Crippen LogP contribution is 2.30. The summed E-state index contributed by atoms with van der Waals surface area (Å²) in [6.07, 6.45) is -4.11. The number of hydrogen-bond donors (Lipinski definition) is 2. The van der Waals surface area contributed by atoms with E-state index in [1.165, 1.54) is 19.2 Å². The Hall–Kier alpha value is -3.73. The second-order valence-electron chi connectivity index (χ2n) is 5.46. The number of rotatable bonds is 3. The number of phenolic OH excluding ortho intramolecular Hbond substituents is 1. The van der Waals surface area contributed by atoms with Gasteiger partial charge in [0.05, 0.1) is 22.9 Å². The summed E-state index contributed by atoms with van der Waals surface area (Å²) < 4.78 is 39.6. The van der Waals surface area contributed by atoms with Gasteiger partial charge in [-0.05, 0) is 23.6 Å². The van der Waals surface area contributed by atoms with Crippen LogP contribution in [0.3, 0.4) is 0 Å². The molecule has 0 aliphatic heterocycles. The quantitative estimate of drug-likeness (QED) is 0.627. The third-order valence-corrected chi connectivity index (χ3v) is 3.66. The van der Waals surface area contributed by atoms with E-state index in [1.54, 1.807) is 18.2 Å². The number of hydrogen-bond acceptors (Lipinski definition) is 5.